The van der Waals surface area contributed by atoms with Crippen LogP contribution in [-0.4, -0.2) is 41.5 Å². The van der Waals surface area contributed by atoms with E-state index in [2.05, 4.69) is 10.2 Å². The molecular formula is C14H19ClN2O5. The van der Waals surface area contributed by atoms with Crippen LogP contribution in [0.4, 0.5) is 0 Å². The second-order valence-electron chi connectivity index (χ2n) is 5.35. The summed E-state index contributed by atoms with van der Waals surface area (Å²) in [6.45, 7) is 6.85. The van der Waals surface area contributed by atoms with Crippen molar-refractivity contribution < 1.29 is 23.8 Å². The van der Waals surface area contributed by atoms with E-state index in [1.54, 1.807) is 27.7 Å². The van der Waals surface area contributed by atoms with Gasteiger partial charge in [0.2, 0.25) is 5.88 Å². The molecule has 0 N–H and O–H groups in total. The number of esters is 2. The van der Waals surface area contributed by atoms with Gasteiger partial charge in [0.1, 0.15) is 5.60 Å². The standard InChI is InChI=1S/C14H19ClN2O5/c1-6-21-12(18)10(13(19)22-14(2,3)4)8-7-9(15)16-17-11(8)20-5/h7,10H,6H2,1-5H3. The van der Waals surface area contributed by atoms with Crippen LogP contribution in [0.3, 0.4) is 0 Å². The lowest BCUT2D eigenvalue weighted by Gasteiger charge is -2.23. The van der Waals surface area contributed by atoms with Gasteiger partial charge in [-0.1, -0.05) is 11.6 Å². The molecule has 1 atom stereocenters. The van der Waals surface area contributed by atoms with E-state index in [1.807, 2.05) is 0 Å². The molecule has 8 heteroatoms. The number of halogens is 1. The van der Waals surface area contributed by atoms with E-state index in [1.165, 1.54) is 13.2 Å². The minimum absolute atomic E-state index is 0.00770. The molecule has 1 aromatic heterocycles. The van der Waals surface area contributed by atoms with Crippen LogP contribution in [0.15, 0.2) is 6.07 Å². The molecule has 0 saturated heterocycles. The third kappa shape index (κ3) is 4.84. The number of carbonyl (C=O) groups excluding carboxylic acids is 2. The molecule has 7 nitrogen and oxygen atoms in total. The molecule has 1 aromatic rings. The Balaban J connectivity index is 3.29. The summed E-state index contributed by atoms with van der Waals surface area (Å²) >= 11 is 5.80. The highest BCUT2D eigenvalue weighted by molar-refractivity contribution is 6.29. The number of hydrogen-bond acceptors (Lipinski definition) is 7. The van der Waals surface area contributed by atoms with E-state index in [0.29, 0.717) is 0 Å². The summed E-state index contributed by atoms with van der Waals surface area (Å²) < 4.78 is 15.3. The third-order valence-electron chi connectivity index (χ3n) is 2.43. The Bertz CT molecular complexity index is 557. The lowest BCUT2D eigenvalue weighted by molar-refractivity contribution is -0.164. The Morgan fingerprint density at radius 3 is 2.41 bits per heavy atom. The van der Waals surface area contributed by atoms with Crippen LogP contribution in [0.2, 0.25) is 5.15 Å². The first kappa shape index (κ1) is 18.2. The predicted octanol–water partition coefficient (Wildman–Crippen LogP) is 2.13. The minimum Gasteiger partial charge on any atom is -0.480 e. The molecule has 1 rings (SSSR count). The fraction of sp³-hybridized carbons (Fsp3) is 0.571. The number of rotatable bonds is 5. The van der Waals surface area contributed by atoms with Gasteiger partial charge < -0.3 is 14.2 Å². The van der Waals surface area contributed by atoms with E-state index >= 15 is 0 Å². The first-order valence-electron chi connectivity index (χ1n) is 6.66. The summed E-state index contributed by atoms with van der Waals surface area (Å²) in [6, 6.07) is 1.33. The zero-order valence-corrected chi connectivity index (χ0v) is 13.9. The molecule has 1 unspecified atom stereocenters. The highest BCUT2D eigenvalue weighted by Crippen LogP contribution is 2.29. The fourth-order valence-corrected chi connectivity index (χ4v) is 1.83. The summed E-state index contributed by atoms with van der Waals surface area (Å²) in [4.78, 5) is 24.6. The molecule has 0 aliphatic carbocycles. The van der Waals surface area contributed by atoms with Crippen molar-refractivity contribution in [3.63, 3.8) is 0 Å². The maximum Gasteiger partial charge on any atom is 0.325 e. The van der Waals surface area contributed by atoms with Gasteiger partial charge in [0.05, 0.1) is 13.7 Å². The maximum absolute atomic E-state index is 12.4. The normalized spacial score (nSPS) is 12.5. The van der Waals surface area contributed by atoms with Gasteiger partial charge in [-0.15, -0.1) is 10.2 Å². The average Bonchev–Trinajstić information content (AvgIpc) is 2.37. The van der Waals surface area contributed by atoms with Gasteiger partial charge in [0.25, 0.3) is 0 Å². The molecule has 22 heavy (non-hydrogen) atoms. The van der Waals surface area contributed by atoms with Crippen molar-refractivity contribution in [2.24, 2.45) is 0 Å². The second-order valence-corrected chi connectivity index (χ2v) is 5.74. The van der Waals surface area contributed by atoms with Gasteiger partial charge in [-0.2, -0.15) is 0 Å². The number of methoxy groups -OCH3 is 1. The van der Waals surface area contributed by atoms with Crippen LogP contribution in [0.1, 0.15) is 39.2 Å². The Hall–Kier alpha value is -1.89. The quantitative estimate of drug-likeness (QED) is 0.603. The van der Waals surface area contributed by atoms with Gasteiger partial charge in [-0.25, -0.2) is 0 Å². The summed E-state index contributed by atoms with van der Waals surface area (Å²) in [5.74, 6) is -2.87. The van der Waals surface area contributed by atoms with Gasteiger partial charge in [0.15, 0.2) is 11.1 Å². The lowest BCUT2D eigenvalue weighted by atomic mass is 10.0. The molecule has 0 saturated carbocycles. The van der Waals surface area contributed by atoms with Crippen molar-refractivity contribution in [1.29, 1.82) is 0 Å². The Kier molecular flexibility index (Phi) is 6.11. The van der Waals surface area contributed by atoms with Crippen molar-refractivity contribution in [3.8, 4) is 5.88 Å². The smallest absolute Gasteiger partial charge is 0.325 e. The Morgan fingerprint density at radius 2 is 1.91 bits per heavy atom. The topological polar surface area (TPSA) is 87.6 Å². The van der Waals surface area contributed by atoms with Crippen LogP contribution in [0.5, 0.6) is 5.88 Å². The van der Waals surface area contributed by atoms with E-state index in [9.17, 15) is 9.59 Å². The van der Waals surface area contributed by atoms with Gasteiger partial charge >= 0.3 is 11.9 Å². The number of ether oxygens (including phenoxy) is 3. The molecule has 0 spiro atoms. The fourth-order valence-electron chi connectivity index (χ4n) is 1.67. The van der Waals surface area contributed by atoms with Crippen molar-refractivity contribution in [2.45, 2.75) is 39.2 Å². The summed E-state index contributed by atoms with van der Waals surface area (Å²) in [7, 11) is 1.35. The summed E-state index contributed by atoms with van der Waals surface area (Å²) in [5, 5.41) is 7.36. The molecule has 1 heterocycles. The van der Waals surface area contributed by atoms with Gasteiger partial charge in [-0.05, 0) is 33.8 Å². The predicted molar refractivity (Wildman–Crippen MR) is 78.8 cm³/mol. The minimum atomic E-state index is -1.35. The third-order valence-corrected chi connectivity index (χ3v) is 2.61. The monoisotopic (exact) mass is 330 g/mol. The highest BCUT2D eigenvalue weighted by atomic mass is 35.5. The summed E-state index contributed by atoms with van der Waals surface area (Å²) in [6.07, 6.45) is 0. The molecule has 0 aliphatic heterocycles. The maximum atomic E-state index is 12.4. The highest BCUT2D eigenvalue weighted by Gasteiger charge is 2.37. The first-order chi connectivity index (χ1) is 10.2. The molecule has 0 bridgehead atoms. The van der Waals surface area contributed by atoms with E-state index in [0.717, 1.165) is 0 Å². The summed E-state index contributed by atoms with van der Waals surface area (Å²) in [5.41, 5.74) is -0.616. The number of aromatic nitrogens is 2. The van der Waals surface area contributed by atoms with Crippen molar-refractivity contribution in [3.05, 3.63) is 16.8 Å². The lowest BCUT2D eigenvalue weighted by Crippen LogP contribution is -2.32. The first-order valence-corrected chi connectivity index (χ1v) is 7.04. The van der Waals surface area contributed by atoms with Crippen LogP contribution in [-0.2, 0) is 19.1 Å². The van der Waals surface area contributed by atoms with E-state index in [-0.39, 0.29) is 23.2 Å². The molecule has 122 valence electrons. The molecule has 0 aliphatic rings. The Morgan fingerprint density at radius 1 is 1.27 bits per heavy atom. The zero-order chi connectivity index (χ0) is 16.9. The number of hydrogen-bond donors (Lipinski definition) is 0. The molecule has 0 radical (unpaired) electrons. The van der Waals surface area contributed by atoms with Crippen LogP contribution in [0.25, 0.3) is 0 Å². The van der Waals surface area contributed by atoms with Crippen molar-refractivity contribution in [2.75, 3.05) is 13.7 Å². The molecular weight excluding hydrogens is 312 g/mol. The van der Waals surface area contributed by atoms with Gasteiger partial charge in [-0.3, -0.25) is 9.59 Å². The van der Waals surface area contributed by atoms with Crippen LogP contribution >= 0.6 is 11.6 Å². The van der Waals surface area contributed by atoms with E-state index < -0.39 is 23.5 Å². The number of nitrogens with zero attached hydrogens (tertiary/aromatic N) is 2. The molecule has 0 fully saturated rings. The van der Waals surface area contributed by atoms with Crippen molar-refractivity contribution >= 4 is 23.5 Å². The van der Waals surface area contributed by atoms with Crippen LogP contribution < -0.4 is 4.74 Å². The number of carbonyl (C=O) groups is 2. The largest absolute Gasteiger partial charge is 0.480 e. The van der Waals surface area contributed by atoms with Crippen molar-refractivity contribution in [1.82, 2.24) is 10.2 Å². The average molecular weight is 331 g/mol. The van der Waals surface area contributed by atoms with E-state index in [4.69, 9.17) is 25.8 Å². The molecule has 0 aromatic carbocycles. The SMILES string of the molecule is CCOC(=O)C(C(=O)OC(C)(C)C)c1cc(Cl)nnc1OC. The van der Waals surface area contributed by atoms with Crippen LogP contribution in [0, 0.1) is 0 Å². The molecule has 0 amide bonds. The van der Waals surface area contributed by atoms with Gasteiger partial charge in [0, 0.05) is 5.56 Å². The second kappa shape index (κ2) is 7.40. The Labute approximate surface area is 133 Å². The zero-order valence-electron chi connectivity index (χ0n) is 13.2.